The summed E-state index contributed by atoms with van der Waals surface area (Å²) in [5.74, 6) is -0.843. The first-order chi connectivity index (χ1) is 13.1. The van der Waals surface area contributed by atoms with Gasteiger partial charge in [-0.15, -0.1) is 0 Å². The van der Waals surface area contributed by atoms with Crippen LogP contribution >= 0.6 is 0 Å². The highest BCUT2D eigenvalue weighted by Crippen LogP contribution is 2.23. The predicted octanol–water partition coefficient (Wildman–Crippen LogP) is 3.37. The molecular weight excluding hydrogens is 340 g/mol. The van der Waals surface area contributed by atoms with Crippen molar-refractivity contribution in [3.63, 3.8) is 0 Å². The normalized spacial score (nSPS) is 10.6. The summed E-state index contributed by atoms with van der Waals surface area (Å²) < 4.78 is 5.21. The summed E-state index contributed by atoms with van der Waals surface area (Å²) >= 11 is 0. The van der Waals surface area contributed by atoms with Gasteiger partial charge in [0.2, 0.25) is 0 Å². The number of amides is 1. The highest BCUT2D eigenvalue weighted by Gasteiger charge is 2.18. The zero-order valence-corrected chi connectivity index (χ0v) is 15.5. The first-order valence-corrected chi connectivity index (χ1v) is 8.90. The summed E-state index contributed by atoms with van der Waals surface area (Å²) in [7, 11) is 0. The van der Waals surface area contributed by atoms with E-state index >= 15 is 0 Å². The monoisotopic (exact) mass is 362 g/mol. The molecule has 2 aromatic carbocycles. The second-order valence-corrected chi connectivity index (χ2v) is 6.38. The molecule has 5 heteroatoms. The molecule has 1 aromatic heterocycles. The van der Waals surface area contributed by atoms with E-state index in [4.69, 9.17) is 4.74 Å². The minimum absolute atomic E-state index is 0.306. The molecule has 0 atom stereocenters. The van der Waals surface area contributed by atoms with E-state index in [0.29, 0.717) is 17.8 Å². The number of nitrogens with zero attached hydrogens (tertiary/aromatic N) is 1. The summed E-state index contributed by atoms with van der Waals surface area (Å²) in [4.78, 5) is 28.9. The number of benzene rings is 2. The predicted molar refractivity (Wildman–Crippen MR) is 105 cm³/mol. The Morgan fingerprint density at radius 1 is 1.00 bits per heavy atom. The molecule has 1 heterocycles. The molecule has 0 aliphatic carbocycles. The maximum atomic E-state index is 12.5. The van der Waals surface area contributed by atoms with Crippen molar-refractivity contribution in [1.82, 2.24) is 10.3 Å². The van der Waals surface area contributed by atoms with Crippen LogP contribution in [0.5, 0.6) is 0 Å². The molecule has 0 radical (unpaired) electrons. The Balaban J connectivity index is 1.57. The third-order valence-corrected chi connectivity index (χ3v) is 4.45. The number of para-hydroxylation sites is 1. The van der Waals surface area contributed by atoms with Crippen LogP contribution in [0.3, 0.4) is 0 Å². The van der Waals surface area contributed by atoms with Crippen LogP contribution < -0.4 is 5.32 Å². The largest absolute Gasteiger partial charge is 0.452 e. The van der Waals surface area contributed by atoms with Crippen LogP contribution in [0.1, 0.15) is 27.2 Å². The van der Waals surface area contributed by atoms with E-state index in [-0.39, 0.29) is 12.5 Å². The first-order valence-electron chi connectivity index (χ1n) is 8.90. The van der Waals surface area contributed by atoms with Gasteiger partial charge in [-0.1, -0.05) is 48.5 Å². The average molecular weight is 362 g/mol. The van der Waals surface area contributed by atoms with Crippen molar-refractivity contribution in [3.8, 4) is 0 Å². The van der Waals surface area contributed by atoms with E-state index in [0.717, 1.165) is 28.5 Å². The molecule has 0 saturated carbocycles. The van der Waals surface area contributed by atoms with E-state index in [9.17, 15) is 9.59 Å². The lowest BCUT2D eigenvalue weighted by Gasteiger charge is -2.12. The van der Waals surface area contributed by atoms with Crippen LogP contribution in [0.2, 0.25) is 0 Å². The minimum Gasteiger partial charge on any atom is -0.452 e. The Morgan fingerprint density at radius 3 is 2.48 bits per heavy atom. The zero-order chi connectivity index (χ0) is 19.2. The Morgan fingerprint density at radius 2 is 1.70 bits per heavy atom. The van der Waals surface area contributed by atoms with Crippen molar-refractivity contribution in [2.75, 3.05) is 13.2 Å². The summed E-state index contributed by atoms with van der Waals surface area (Å²) in [5.41, 5.74) is 3.81. The quantitative estimate of drug-likeness (QED) is 0.683. The number of pyridine rings is 1. The second kappa shape index (κ2) is 8.45. The Labute approximate surface area is 158 Å². The molecule has 1 amide bonds. The van der Waals surface area contributed by atoms with Gasteiger partial charge in [-0.25, -0.2) is 4.79 Å². The van der Waals surface area contributed by atoms with Crippen LogP contribution in [0.15, 0.2) is 54.6 Å². The fourth-order valence-electron chi connectivity index (χ4n) is 3.08. The van der Waals surface area contributed by atoms with Gasteiger partial charge in [-0.3, -0.25) is 9.78 Å². The molecule has 5 nitrogen and oxygen atoms in total. The molecule has 138 valence electrons. The number of aromatic nitrogens is 1. The van der Waals surface area contributed by atoms with Gasteiger partial charge in [0.15, 0.2) is 6.61 Å². The van der Waals surface area contributed by atoms with E-state index in [1.54, 1.807) is 6.92 Å². The van der Waals surface area contributed by atoms with E-state index in [1.165, 1.54) is 0 Å². The van der Waals surface area contributed by atoms with Crippen molar-refractivity contribution in [2.45, 2.75) is 20.3 Å². The molecule has 0 aliphatic heterocycles. The third kappa shape index (κ3) is 4.50. The van der Waals surface area contributed by atoms with Gasteiger partial charge in [0.1, 0.15) is 0 Å². The molecule has 0 saturated heterocycles. The number of nitrogens with one attached hydrogen (secondary N) is 1. The fourth-order valence-corrected chi connectivity index (χ4v) is 3.08. The van der Waals surface area contributed by atoms with Gasteiger partial charge >= 0.3 is 5.97 Å². The van der Waals surface area contributed by atoms with Crippen molar-refractivity contribution in [1.29, 1.82) is 0 Å². The smallest absolute Gasteiger partial charge is 0.340 e. The minimum atomic E-state index is -0.526. The van der Waals surface area contributed by atoms with Gasteiger partial charge < -0.3 is 10.1 Å². The SMILES string of the molecule is Cc1nc2ccccc2c(C)c1C(=O)OCC(=O)NCCc1ccccc1. The van der Waals surface area contributed by atoms with E-state index < -0.39 is 5.97 Å². The lowest BCUT2D eigenvalue weighted by molar-refractivity contribution is -0.124. The van der Waals surface area contributed by atoms with Gasteiger partial charge in [0.25, 0.3) is 5.91 Å². The van der Waals surface area contributed by atoms with Gasteiger partial charge in [-0.05, 0) is 37.5 Å². The number of fused-ring (bicyclic) bond motifs is 1. The van der Waals surface area contributed by atoms with Crippen molar-refractivity contribution >= 4 is 22.8 Å². The third-order valence-electron chi connectivity index (χ3n) is 4.45. The molecule has 1 N–H and O–H groups in total. The van der Waals surface area contributed by atoms with E-state index in [2.05, 4.69) is 10.3 Å². The Bertz CT molecular complexity index is 968. The van der Waals surface area contributed by atoms with Crippen molar-refractivity contribution < 1.29 is 14.3 Å². The maximum Gasteiger partial charge on any atom is 0.340 e. The molecule has 3 aromatic rings. The molecule has 0 fully saturated rings. The summed E-state index contributed by atoms with van der Waals surface area (Å²) in [6.07, 6.45) is 0.730. The Hall–Kier alpha value is -3.21. The number of aryl methyl sites for hydroxylation is 2. The molecular formula is C22H22N2O3. The summed E-state index contributed by atoms with van der Waals surface area (Å²) in [6.45, 7) is 3.83. The van der Waals surface area contributed by atoms with E-state index in [1.807, 2.05) is 61.5 Å². The molecule has 27 heavy (non-hydrogen) atoms. The number of rotatable bonds is 6. The number of hydrogen-bond donors (Lipinski definition) is 1. The average Bonchev–Trinajstić information content (AvgIpc) is 2.67. The number of hydrogen-bond acceptors (Lipinski definition) is 4. The number of ether oxygens (including phenoxy) is 1. The molecule has 0 bridgehead atoms. The highest BCUT2D eigenvalue weighted by atomic mass is 16.5. The van der Waals surface area contributed by atoms with Gasteiger partial charge in [0, 0.05) is 11.9 Å². The van der Waals surface area contributed by atoms with Crippen LogP contribution in [-0.4, -0.2) is 30.0 Å². The standard InChI is InChI=1S/C22H22N2O3/c1-15-18-10-6-7-11-19(18)24-16(2)21(15)22(26)27-14-20(25)23-13-12-17-8-4-3-5-9-17/h3-11H,12-14H2,1-2H3,(H,23,25). The highest BCUT2D eigenvalue weighted by molar-refractivity contribution is 5.99. The van der Waals surface area contributed by atoms with Crippen LogP contribution in [0, 0.1) is 13.8 Å². The maximum absolute atomic E-state index is 12.5. The lowest BCUT2D eigenvalue weighted by Crippen LogP contribution is -2.30. The second-order valence-electron chi connectivity index (χ2n) is 6.38. The lowest BCUT2D eigenvalue weighted by atomic mass is 10.0. The number of carbonyl (C=O) groups is 2. The molecule has 0 spiro atoms. The van der Waals surface area contributed by atoms with Crippen molar-refractivity contribution in [2.24, 2.45) is 0 Å². The van der Waals surface area contributed by atoms with Crippen LogP contribution in [-0.2, 0) is 16.0 Å². The number of esters is 1. The first kappa shape index (κ1) is 18.6. The summed E-state index contributed by atoms with van der Waals surface area (Å²) in [5, 5.41) is 3.67. The molecule has 0 aliphatic rings. The van der Waals surface area contributed by atoms with Crippen LogP contribution in [0.25, 0.3) is 10.9 Å². The Kier molecular flexibility index (Phi) is 5.81. The molecule has 0 unspecified atom stereocenters. The van der Waals surface area contributed by atoms with Gasteiger partial charge in [0.05, 0.1) is 16.8 Å². The van der Waals surface area contributed by atoms with Crippen molar-refractivity contribution in [3.05, 3.63) is 77.0 Å². The topological polar surface area (TPSA) is 68.3 Å². The number of carbonyl (C=O) groups excluding carboxylic acids is 2. The zero-order valence-electron chi connectivity index (χ0n) is 15.5. The fraction of sp³-hybridized carbons (Fsp3) is 0.227. The summed E-state index contributed by atoms with van der Waals surface area (Å²) in [6, 6.07) is 17.5. The van der Waals surface area contributed by atoms with Crippen LogP contribution in [0.4, 0.5) is 0 Å². The van der Waals surface area contributed by atoms with Gasteiger partial charge in [-0.2, -0.15) is 0 Å². The molecule has 3 rings (SSSR count).